The highest BCUT2D eigenvalue weighted by atomic mass is 19.1. The lowest BCUT2D eigenvalue weighted by Gasteiger charge is -2.09. The molecule has 0 bridgehead atoms. The predicted octanol–water partition coefficient (Wildman–Crippen LogP) is 3.14. The van der Waals surface area contributed by atoms with Crippen LogP contribution in [0.5, 0.6) is 0 Å². The first-order valence-corrected chi connectivity index (χ1v) is 9.82. The van der Waals surface area contributed by atoms with Gasteiger partial charge in [0.25, 0.3) is 5.91 Å². The molecule has 0 spiro atoms. The smallest absolute Gasteiger partial charge is 0.254 e. The Bertz CT molecular complexity index is 945. The second kappa shape index (κ2) is 9.96. The monoisotopic (exact) mass is 415 g/mol. The molecular weight excluding hydrogens is 392 g/mol. The molecule has 158 valence electrons. The van der Waals surface area contributed by atoms with Gasteiger partial charge in [0.05, 0.1) is 5.56 Å². The van der Waals surface area contributed by atoms with Gasteiger partial charge in [-0.05, 0) is 49.1 Å². The number of benzene rings is 2. The Morgan fingerprint density at radius 3 is 2.53 bits per heavy atom. The Kier molecular flexibility index (Phi) is 7.11. The van der Waals surface area contributed by atoms with Crippen LogP contribution in [0.1, 0.15) is 41.6 Å². The molecule has 0 aromatic heterocycles. The summed E-state index contributed by atoms with van der Waals surface area (Å²) in [5.74, 6) is -2.38. The minimum atomic E-state index is -0.930. The first-order valence-electron chi connectivity index (χ1n) is 9.82. The van der Waals surface area contributed by atoms with Gasteiger partial charge in [-0.1, -0.05) is 12.1 Å². The molecule has 0 aliphatic heterocycles. The van der Waals surface area contributed by atoms with Crippen LogP contribution in [0.2, 0.25) is 0 Å². The summed E-state index contributed by atoms with van der Waals surface area (Å²) < 4.78 is 26.4. The van der Waals surface area contributed by atoms with Gasteiger partial charge in [0.2, 0.25) is 11.8 Å². The van der Waals surface area contributed by atoms with E-state index in [1.54, 1.807) is 6.07 Å². The lowest BCUT2D eigenvalue weighted by atomic mass is 10.2. The summed E-state index contributed by atoms with van der Waals surface area (Å²) in [6.45, 7) is 0.505. The minimum absolute atomic E-state index is 0.0266. The fourth-order valence-electron chi connectivity index (χ4n) is 2.86. The molecule has 1 fully saturated rings. The number of nitrogens with one attached hydrogen (secondary N) is 3. The average Bonchev–Trinajstić information content (AvgIpc) is 3.55. The third kappa shape index (κ3) is 6.37. The zero-order valence-corrected chi connectivity index (χ0v) is 16.3. The minimum Gasteiger partial charge on any atom is -0.352 e. The van der Waals surface area contributed by atoms with E-state index in [-0.39, 0.29) is 36.3 Å². The average molecular weight is 415 g/mol. The molecule has 30 heavy (non-hydrogen) atoms. The fourth-order valence-corrected chi connectivity index (χ4v) is 2.86. The van der Waals surface area contributed by atoms with Crippen molar-refractivity contribution in [3.05, 3.63) is 65.2 Å². The normalized spacial score (nSPS) is 12.9. The Labute approximate surface area is 173 Å². The van der Waals surface area contributed by atoms with Gasteiger partial charge in [0, 0.05) is 37.2 Å². The Morgan fingerprint density at radius 2 is 1.80 bits per heavy atom. The highest BCUT2D eigenvalue weighted by molar-refractivity contribution is 5.94. The van der Waals surface area contributed by atoms with E-state index in [1.165, 1.54) is 0 Å². The number of hydrogen-bond acceptors (Lipinski definition) is 3. The zero-order valence-electron chi connectivity index (χ0n) is 16.3. The van der Waals surface area contributed by atoms with Crippen LogP contribution in [0.4, 0.5) is 14.5 Å². The number of rotatable bonds is 9. The second-order valence-corrected chi connectivity index (χ2v) is 7.22. The quantitative estimate of drug-likeness (QED) is 0.550. The first kappa shape index (κ1) is 21.4. The number of carbonyl (C=O) groups excluding carboxylic acids is 3. The summed E-state index contributed by atoms with van der Waals surface area (Å²) in [6.07, 6.45) is 2.42. The van der Waals surface area contributed by atoms with E-state index in [4.69, 9.17) is 0 Å². The van der Waals surface area contributed by atoms with E-state index < -0.39 is 17.5 Å². The molecule has 8 heteroatoms. The van der Waals surface area contributed by atoms with Gasteiger partial charge < -0.3 is 16.0 Å². The van der Waals surface area contributed by atoms with Crippen molar-refractivity contribution in [2.75, 3.05) is 11.9 Å². The first-order chi connectivity index (χ1) is 14.4. The highest BCUT2D eigenvalue weighted by Crippen LogP contribution is 2.30. The van der Waals surface area contributed by atoms with E-state index in [9.17, 15) is 23.2 Å². The van der Waals surface area contributed by atoms with Crippen molar-refractivity contribution in [3.63, 3.8) is 0 Å². The molecule has 3 amide bonds. The summed E-state index contributed by atoms with van der Waals surface area (Å²) in [5, 5.41) is 8.16. The predicted molar refractivity (Wildman–Crippen MR) is 108 cm³/mol. The van der Waals surface area contributed by atoms with Crippen molar-refractivity contribution in [2.45, 2.75) is 32.2 Å². The molecule has 0 radical (unpaired) electrons. The van der Waals surface area contributed by atoms with Crippen LogP contribution in [-0.4, -0.2) is 24.3 Å². The molecule has 0 heterocycles. The van der Waals surface area contributed by atoms with Crippen LogP contribution in [-0.2, 0) is 16.1 Å². The van der Waals surface area contributed by atoms with Crippen LogP contribution >= 0.6 is 0 Å². The molecule has 3 rings (SSSR count). The van der Waals surface area contributed by atoms with Crippen LogP contribution in [0.25, 0.3) is 0 Å². The van der Waals surface area contributed by atoms with E-state index >= 15 is 0 Å². The number of halogens is 2. The number of anilines is 1. The molecule has 6 nitrogen and oxygen atoms in total. The van der Waals surface area contributed by atoms with Crippen LogP contribution < -0.4 is 16.0 Å². The third-order valence-corrected chi connectivity index (χ3v) is 4.67. The molecule has 0 unspecified atom stereocenters. The molecule has 3 N–H and O–H groups in total. The van der Waals surface area contributed by atoms with Crippen molar-refractivity contribution < 1.29 is 23.2 Å². The molecule has 1 aliphatic carbocycles. The van der Waals surface area contributed by atoms with Gasteiger partial charge in [-0.2, -0.15) is 0 Å². The maximum Gasteiger partial charge on any atom is 0.254 e. The second-order valence-electron chi connectivity index (χ2n) is 7.22. The number of amides is 3. The number of hydrogen-bond donors (Lipinski definition) is 3. The molecule has 1 saturated carbocycles. The van der Waals surface area contributed by atoms with E-state index in [1.807, 2.05) is 18.2 Å². The summed E-state index contributed by atoms with van der Waals surface area (Å²) in [7, 11) is 0. The maximum absolute atomic E-state index is 13.6. The fraction of sp³-hybridized carbons (Fsp3) is 0.318. The van der Waals surface area contributed by atoms with Gasteiger partial charge in [-0.15, -0.1) is 0 Å². The highest BCUT2D eigenvalue weighted by Gasteiger charge is 2.29. The third-order valence-electron chi connectivity index (χ3n) is 4.67. The number of carbonyl (C=O) groups is 3. The van der Waals surface area contributed by atoms with Crippen molar-refractivity contribution in [3.8, 4) is 0 Å². The molecule has 2 aromatic rings. The van der Waals surface area contributed by atoms with Crippen molar-refractivity contribution in [1.82, 2.24) is 10.6 Å². The summed E-state index contributed by atoms with van der Waals surface area (Å²) >= 11 is 0. The van der Waals surface area contributed by atoms with Crippen molar-refractivity contribution >= 4 is 23.4 Å². The van der Waals surface area contributed by atoms with Crippen LogP contribution in [0.3, 0.4) is 0 Å². The molecule has 0 saturated heterocycles. The van der Waals surface area contributed by atoms with Crippen LogP contribution in [0, 0.1) is 17.6 Å². The van der Waals surface area contributed by atoms with Gasteiger partial charge in [-0.3, -0.25) is 14.4 Å². The van der Waals surface area contributed by atoms with E-state index in [2.05, 4.69) is 16.0 Å². The summed E-state index contributed by atoms with van der Waals surface area (Å²) in [5.41, 5.74) is 1.32. The standard InChI is InChI=1S/C22H23F2N3O3/c23-16-8-9-18(19(24)12-16)22(30)25-10-2-5-20(28)26-13-14-3-1-4-17(11-14)27-21(29)15-6-7-15/h1,3-4,8-9,11-12,15H,2,5-7,10,13H2,(H,25,30)(H,26,28)(H,27,29). The lowest BCUT2D eigenvalue weighted by Crippen LogP contribution is -2.28. The van der Waals surface area contributed by atoms with E-state index in [0.29, 0.717) is 24.7 Å². The van der Waals surface area contributed by atoms with Crippen molar-refractivity contribution in [1.29, 1.82) is 0 Å². The largest absolute Gasteiger partial charge is 0.352 e. The lowest BCUT2D eigenvalue weighted by molar-refractivity contribution is -0.121. The SMILES string of the molecule is O=C(CCCNC(=O)c1ccc(F)cc1F)NCc1cccc(NC(=O)C2CC2)c1. The molecule has 0 atom stereocenters. The van der Waals surface area contributed by atoms with Gasteiger partial charge in [0.15, 0.2) is 0 Å². The topological polar surface area (TPSA) is 87.3 Å². The molecular formula is C22H23F2N3O3. The van der Waals surface area contributed by atoms with E-state index in [0.717, 1.165) is 30.5 Å². The van der Waals surface area contributed by atoms with Crippen LogP contribution in [0.15, 0.2) is 42.5 Å². The maximum atomic E-state index is 13.6. The molecule has 2 aromatic carbocycles. The van der Waals surface area contributed by atoms with Crippen molar-refractivity contribution in [2.24, 2.45) is 5.92 Å². The summed E-state index contributed by atoms with van der Waals surface area (Å²) in [4.78, 5) is 35.7. The Balaban J connectivity index is 1.36. The zero-order chi connectivity index (χ0) is 21.5. The van der Waals surface area contributed by atoms with Gasteiger partial charge in [-0.25, -0.2) is 8.78 Å². The van der Waals surface area contributed by atoms with Gasteiger partial charge >= 0.3 is 0 Å². The summed E-state index contributed by atoms with van der Waals surface area (Å²) in [6, 6.07) is 10.0. The molecule has 1 aliphatic rings. The Hall–Kier alpha value is -3.29. The Morgan fingerprint density at radius 1 is 1.00 bits per heavy atom. The van der Waals surface area contributed by atoms with Gasteiger partial charge in [0.1, 0.15) is 11.6 Å².